The van der Waals surface area contributed by atoms with Crippen LogP contribution < -0.4 is 5.73 Å². The second kappa shape index (κ2) is 6.41. The number of hydrogen-bond donors (Lipinski definition) is 2. The van der Waals surface area contributed by atoms with Gasteiger partial charge in [0.25, 0.3) is 0 Å². The molecule has 0 atom stereocenters. The van der Waals surface area contributed by atoms with Crippen molar-refractivity contribution >= 4 is 5.91 Å². The highest BCUT2D eigenvalue weighted by Crippen LogP contribution is 2.32. The van der Waals surface area contributed by atoms with Crippen molar-refractivity contribution in [2.75, 3.05) is 33.3 Å². The molecule has 20 heavy (non-hydrogen) atoms. The van der Waals surface area contributed by atoms with Crippen molar-refractivity contribution in [3.05, 3.63) is 0 Å². The fourth-order valence-electron chi connectivity index (χ4n) is 2.50. The predicted molar refractivity (Wildman–Crippen MR) is 81.4 cm³/mol. The molecular formula is C15H31N3O2. The van der Waals surface area contributed by atoms with Crippen molar-refractivity contribution in [2.24, 2.45) is 11.1 Å². The summed E-state index contributed by atoms with van der Waals surface area (Å²) in [6.07, 6.45) is 1.92. The monoisotopic (exact) mass is 285 g/mol. The molecule has 1 rings (SSSR count). The highest BCUT2D eigenvalue weighted by Gasteiger charge is 2.44. The molecule has 0 aliphatic carbocycles. The minimum Gasteiger partial charge on any atom is -0.395 e. The summed E-state index contributed by atoms with van der Waals surface area (Å²) >= 11 is 0. The zero-order valence-corrected chi connectivity index (χ0v) is 13.6. The Morgan fingerprint density at radius 2 is 1.80 bits per heavy atom. The Kier molecular flexibility index (Phi) is 5.58. The van der Waals surface area contributed by atoms with Crippen molar-refractivity contribution < 1.29 is 9.90 Å². The second-order valence-corrected chi connectivity index (χ2v) is 7.10. The summed E-state index contributed by atoms with van der Waals surface area (Å²) in [7, 11) is 2.10. The molecule has 5 nitrogen and oxygen atoms in total. The third kappa shape index (κ3) is 3.71. The summed E-state index contributed by atoms with van der Waals surface area (Å²) < 4.78 is 0. The van der Waals surface area contributed by atoms with Crippen LogP contribution in [0.3, 0.4) is 0 Å². The molecule has 5 heteroatoms. The summed E-state index contributed by atoms with van der Waals surface area (Å²) in [4.78, 5) is 17.0. The van der Waals surface area contributed by atoms with E-state index in [0.29, 0.717) is 6.54 Å². The fraction of sp³-hybridized carbons (Fsp3) is 0.933. The molecule has 0 radical (unpaired) electrons. The van der Waals surface area contributed by atoms with Crippen LogP contribution in [0.4, 0.5) is 0 Å². The van der Waals surface area contributed by atoms with Crippen LogP contribution in [0, 0.1) is 5.41 Å². The van der Waals surface area contributed by atoms with E-state index >= 15 is 0 Å². The number of nitrogens with two attached hydrogens (primary N) is 1. The summed E-state index contributed by atoms with van der Waals surface area (Å²) in [6.45, 7) is 9.95. The van der Waals surface area contributed by atoms with E-state index in [1.165, 1.54) is 0 Å². The lowest BCUT2D eigenvalue weighted by molar-refractivity contribution is -0.147. The van der Waals surface area contributed by atoms with E-state index in [9.17, 15) is 9.90 Å². The standard InChI is InChI=1S/C15H31N3O2/c1-14(2,15(3,4)16)13(20)18(10-11-19)12-6-8-17(5)9-7-12/h12,19H,6-11,16H2,1-5H3. The largest absolute Gasteiger partial charge is 0.395 e. The molecule has 0 unspecified atom stereocenters. The third-order valence-electron chi connectivity index (χ3n) is 4.88. The van der Waals surface area contributed by atoms with Crippen molar-refractivity contribution in [1.29, 1.82) is 0 Å². The number of hydrogen-bond acceptors (Lipinski definition) is 4. The van der Waals surface area contributed by atoms with Crippen LogP contribution in [0.15, 0.2) is 0 Å². The first kappa shape index (κ1) is 17.4. The van der Waals surface area contributed by atoms with Gasteiger partial charge in [0.15, 0.2) is 0 Å². The molecule has 0 bridgehead atoms. The van der Waals surface area contributed by atoms with Crippen molar-refractivity contribution in [2.45, 2.75) is 52.1 Å². The van der Waals surface area contributed by atoms with Gasteiger partial charge in [0, 0.05) is 18.1 Å². The van der Waals surface area contributed by atoms with Crippen LogP contribution in [0.25, 0.3) is 0 Å². The normalized spacial score (nSPS) is 19.1. The van der Waals surface area contributed by atoms with Gasteiger partial charge >= 0.3 is 0 Å². The Morgan fingerprint density at radius 3 is 2.20 bits per heavy atom. The number of carbonyl (C=O) groups excluding carboxylic acids is 1. The molecule has 118 valence electrons. The molecule has 1 aliphatic heterocycles. The molecule has 1 aliphatic rings. The average Bonchev–Trinajstić information content (AvgIpc) is 2.35. The van der Waals surface area contributed by atoms with Crippen LogP contribution in [-0.4, -0.2) is 65.7 Å². The van der Waals surface area contributed by atoms with Gasteiger partial charge < -0.3 is 20.6 Å². The number of rotatable bonds is 5. The maximum absolute atomic E-state index is 12.9. The predicted octanol–water partition coefficient (Wildman–Crippen LogP) is 0.665. The molecule has 3 N–H and O–H groups in total. The van der Waals surface area contributed by atoms with E-state index in [0.717, 1.165) is 25.9 Å². The Morgan fingerprint density at radius 1 is 1.30 bits per heavy atom. The molecule has 0 aromatic carbocycles. The fourth-order valence-corrected chi connectivity index (χ4v) is 2.50. The highest BCUT2D eigenvalue weighted by molar-refractivity contribution is 5.83. The van der Waals surface area contributed by atoms with E-state index < -0.39 is 11.0 Å². The molecule has 0 aromatic rings. The first-order valence-electron chi connectivity index (χ1n) is 7.50. The minimum absolute atomic E-state index is 0.000834. The summed E-state index contributed by atoms with van der Waals surface area (Å²) in [5, 5.41) is 9.30. The zero-order chi connectivity index (χ0) is 15.6. The van der Waals surface area contributed by atoms with Gasteiger partial charge in [-0.25, -0.2) is 0 Å². The van der Waals surface area contributed by atoms with Crippen LogP contribution >= 0.6 is 0 Å². The van der Waals surface area contributed by atoms with Gasteiger partial charge in [-0.05, 0) is 60.7 Å². The Hall–Kier alpha value is -0.650. The van der Waals surface area contributed by atoms with Gasteiger partial charge in [0.05, 0.1) is 12.0 Å². The number of piperidine rings is 1. The molecule has 1 heterocycles. The maximum atomic E-state index is 12.9. The van der Waals surface area contributed by atoms with Crippen molar-refractivity contribution in [3.63, 3.8) is 0 Å². The number of carbonyl (C=O) groups is 1. The number of likely N-dealkylation sites (tertiary alicyclic amines) is 1. The Balaban J connectivity index is 2.88. The summed E-state index contributed by atoms with van der Waals surface area (Å²) in [5.74, 6) is 0.0496. The average molecular weight is 285 g/mol. The Bertz CT molecular complexity index is 329. The number of amides is 1. The number of aliphatic hydroxyl groups excluding tert-OH is 1. The van der Waals surface area contributed by atoms with Crippen LogP contribution in [0.1, 0.15) is 40.5 Å². The van der Waals surface area contributed by atoms with E-state index in [1.807, 2.05) is 32.6 Å². The number of nitrogens with zero attached hydrogens (tertiary/aromatic N) is 2. The minimum atomic E-state index is -0.647. The van der Waals surface area contributed by atoms with Gasteiger partial charge in [0.1, 0.15) is 0 Å². The molecule has 1 amide bonds. The third-order valence-corrected chi connectivity index (χ3v) is 4.88. The van der Waals surface area contributed by atoms with Crippen molar-refractivity contribution in [3.8, 4) is 0 Å². The lowest BCUT2D eigenvalue weighted by Gasteiger charge is -2.44. The van der Waals surface area contributed by atoms with E-state index in [-0.39, 0.29) is 18.6 Å². The van der Waals surface area contributed by atoms with Gasteiger partial charge in [-0.2, -0.15) is 0 Å². The van der Waals surface area contributed by atoms with Crippen LogP contribution in [-0.2, 0) is 4.79 Å². The van der Waals surface area contributed by atoms with E-state index in [1.54, 1.807) is 0 Å². The summed E-state index contributed by atoms with van der Waals surface area (Å²) in [5.41, 5.74) is 4.94. The smallest absolute Gasteiger partial charge is 0.230 e. The molecule has 1 saturated heterocycles. The van der Waals surface area contributed by atoms with E-state index in [2.05, 4.69) is 11.9 Å². The highest BCUT2D eigenvalue weighted by atomic mass is 16.3. The molecular weight excluding hydrogens is 254 g/mol. The Labute approximate surface area is 123 Å². The first-order chi connectivity index (χ1) is 9.11. The zero-order valence-electron chi connectivity index (χ0n) is 13.6. The first-order valence-corrected chi connectivity index (χ1v) is 7.50. The van der Waals surface area contributed by atoms with Gasteiger partial charge in [-0.3, -0.25) is 4.79 Å². The number of aliphatic hydroxyl groups is 1. The SMILES string of the molecule is CN1CCC(N(CCO)C(=O)C(C)(C)C(C)(C)N)CC1. The molecule has 0 aromatic heterocycles. The van der Waals surface area contributed by atoms with Crippen LogP contribution in [0.5, 0.6) is 0 Å². The topological polar surface area (TPSA) is 69.8 Å². The summed E-state index contributed by atoms with van der Waals surface area (Å²) in [6, 6.07) is 0.215. The van der Waals surface area contributed by atoms with Gasteiger partial charge in [-0.15, -0.1) is 0 Å². The maximum Gasteiger partial charge on any atom is 0.230 e. The van der Waals surface area contributed by atoms with Crippen LogP contribution in [0.2, 0.25) is 0 Å². The molecule has 0 saturated carbocycles. The van der Waals surface area contributed by atoms with Crippen molar-refractivity contribution in [1.82, 2.24) is 9.80 Å². The molecule has 1 fully saturated rings. The van der Waals surface area contributed by atoms with Gasteiger partial charge in [-0.1, -0.05) is 0 Å². The second-order valence-electron chi connectivity index (χ2n) is 7.10. The van der Waals surface area contributed by atoms with Gasteiger partial charge in [0.2, 0.25) is 5.91 Å². The van der Waals surface area contributed by atoms with E-state index in [4.69, 9.17) is 5.73 Å². The molecule has 0 spiro atoms. The lowest BCUT2D eigenvalue weighted by atomic mass is 9.73. The lowest BCUT2D eigenvalue weighted by Crippen LogP contribution is -2.59. The quantitative estimate of drug-likeness (QED) is 0.779.